The van der Waals surface area contributed by atoms with Gasteiger partial charge in [0.25, 0.3) is 0 Å². The summed E-state index contributed by atoms with van der Waals surface area (Å²) < 4.78 is 13.4. The fourth-order valence-corrected chi connectivity index (χ4v) is 2.68. The fourth-order valence-electron chi connectivity index (χ4n) is 2.68. The van der Waals surface area contributed by atoms with Crippen molar-refractivity contribution in [3.05, 3.63) is 60.2 Å². The number of carbonyl (C=O) groups excluding carboxylic acids is 1. The molecule has 0 saturated heterocycles. The highest BCUT2D eigenvalue weighted by Crippen LogP contribution is 2.20. The van der Waals surface area contributed by atoms with Crippen LogP contribution in [0.5, 0.6) is 0 Å². The molecule has 0 aliphatic heterocycles. The highest BCUT2D eigenvalue weighted by atomic mass is 19.1. The summed E-state index contributed by atoms with van der Waals surface area (Å²) in [5.74, 6) is 0.248. The predicted molar refractivity (Wildman–Crippen MR) is 97.1 cm³/mol. The number of carbonyl (C=O) groups is 1. The summed E-state index contributed by atoms with van der Waals surface area (Å²) in [4.78, 5) is 19.5. The first-order chi connectivity index (χ1) is 12.1. The third-order valence-electron chi connectivity index (χ3n) is 3.78. The molecular formula is C19H19FN4O. The number of anilines is 2. The number of rotatable bonds is 6. The van der Waals surface area contributed by atoms with Gasteiger partial charge in [0.05, 0.1) is 5.52 Å². The van der Waals surface area contributed by atoms with Crippen LogP contribution in [0.25, 0.3) is 10.9 Å². The molecule has 0 unspecified atom stereocenters. The number of benzene rings is 2. The first-order valence-electron chi connectivity index (χ1n) is 8.12. The molecule has 0 aliphatic rings. The molecular weight excluding hydrogens is 319 g/mol. The van der Waals surface area contributed by atoms with E-state index >= 15 is 0 Å². The van der Waals surface area contributed by atoms with Gasteiger partial charge in [0.1, 0.15) is 18.0 Å². The van der Waals surface area contributed by atoms with Crippen LogP contribution in [0.15, 0.2) is 48.8 Å². The Labute approximate surface area is 145 Å². The van der Waals surface area contributed by atoms with Crippen LogP contribution in [-0.4, -0.2) is 22.4 Å². The lowest BCUT2D eigenvalue weighted by atomic mass is 10.1. The van der Waals surface area contributed by atoms with Crippen molar-refractivity contribution in [1.82, 2.24) is 9.97 Å². The largest absolute Gasteiger partial charge is 0.369 e. The smallest absolute Gasteiger partial charge is 0.221 e. The zero-order chi connectivity index (χ0) is 17.6. The molecule has 0 aliphatic carbocycles. The van der Waals surface area contributed by atoms with Gasteiger partial charge in [-0.2, -0.15) is 0 Å². The van der Waals surface area contributed by atoms with Crippen molar-refractivity contribution < 1.29 is 9.18 Å². The number of aryl methyl sites for hydroxylation is 1. The van der Waals surface area contributed by atoms with Crippen molar-refractivity contribution in [3.8, 4) is 0 Å². The molecule has 1 aromatic heterocycles. The topological polar surface area (TPSA) is 66.9 Å². The molecule has 25 heavy (non-hydrogen) atoms. The molecule has 0 fully saturated rings. The van der Waals surface area contributed by atoms with Gasteiger partial charge in [-0.1, -0.05) is 12.1 Å². The molecule has 0 saturated carbocycles. The molecule has 0 bridgehead atoms. The normalized spacial score (nSPS) is 10.6. The molecule has 5 nitrogen and oxygen atoms in total. The molecule has 128 valence electrons. The van der Waals surface area contributed by atoms with E-state index in [1.807, 2.05) is 24.3 Å². The highest BCUT2D eigenvalue weighted by Gasteiger charge is 2.05. The van der Waals surface area contributed by atoms with Gasteiger partial charge in [0.2, 0.25) is 5.91 Å². The summed E-state index contributed by atoms with van der Waals surface area (Å²) in [6.45, 7) is 2.19. The van der Waals surface area contributed by atoms with Crippen LogP contribution in [0.2, 0.25) is 0 Å². The van der Waals surface area contributed by atoms with Crippen molar-refractivity contribution in [2.24, 2.45) is 0 Å². The zero-order valence-corrected chi connectivity index (χ0v) is 13.9. The van der Waals surface area contributed by atoms with E-state index in [9.17, 15) is 9.18 Å². The number of nitrogens with one attached hydrogen (secondary N) is 2. The second-order valence-electron chi connectivity index (χ2n) is 5.80. The summed E-state index contributed by atoms with van der Waals surface area (Å²) in [6, 6.07) is 12.3. The van der Waals surface area contributed by atoms with Gasteiger partial charge in [-0.25, -0.2) is 14.4 Å². The standard InChI is InChI=1S/C19H19FN4O/c1-13(25)24-16-6-2-4-14(10-16)5-3-9-21-19-17-11-15(20)7-8-18(17)22-12-23-19/h2,4,6-8,10-12H,3,5,9H2,1H3,(H,24,25)(H,21,22,23). The van der Waals surface area contributed by atoms with Gasteiger partial charge in [-0.3, -0.25) is 4.79 Å². The summed E-state index contributed by atoms with van der Waals surface area (Å²) in [5, 5.41) is 6.70. The monoisotopic (exact) mass is 338 g/mol. The minimum Gasteiger partial charge on any atom is -0.369 e. The molecule has 1 amide bonds. The third kappa shape index (κ3) is 4.50. The van der Waals surface area contributed by atoms with Gasteiger partial charge in [0.15, 0.2) is 0 Å². The number of hydrogen-bond acceptors (Lipinski definition) is 4. The van der Waals surface area contributed by atoms with Gasteiger partial charge in [-0.15, -0.1) is 0 Å². The Kier molecular flexibility index (Phi) is 5.18. The molecule has 3 rings (SSSR count). The van der Waals surface area contributed by atoms with Crippen LogP contribution in [0.3, 0.4) is 0 Å². The minimum atomic E-state index is -0.305. The van der Waals surface area contributed by atoms with Crippen LogP contribution in [0, 0.1) is 5.82 Å². The van der Waals surface area contributed by atoms with Crippen molar-refractivity contribution >= 4 is 28.3 Å². The number of aromatic nitrogens is 2. The van der Waals surface area contributed by atoms with Crippen LogP contribution in [0.4, 0.5) is 15.9 Å². The van der Waals surface area contributed by atoms with E-state index in [1.54, 1.807) is 6.07 Å². The van der Waals surface area contributed by atoms with Crippen molar-refractivity contribution in [1.29, 1.82) is 0 Å². The number of amides is 1. The van der Waals surface area contributed by atoms with E-state index in [2.05, 4.69) is 20.6 Å². The third-order valence-corrected chi connectivity index (χ3v) is 3.78. The quantitative estimate of drug-likeness (QED) is 0.671. The maximum absolute atomic E-state index is 13.4. The van der Waals surface area contributed by atoms with Gasteiger partial charge in [0, 0.05) is 24.5 Å². The van der Waals surface area contributed by atoms with E-state index in [0.717, 1.165) is 24.1 Å². The molecule has 6 heteroatoms. The lowest BCUT2D eigenvalue weighted by Gasteiger charge is -2.09. The molecule has 0 atom stereocenters. The van der Waals surface area contributed by atoms with Crippen LogP contribution < -0.4 is 10.6 Å². The van der Waals surface area contributed by atoms with Crippen molar-refractivity contribution in [2.75, 3.05) is 17.2 Å². The lowest BCUT2D eigenvalue weighted by Crippen LogP contribution is -2.07. The van der Waals surface area contributed by atoms with Crippen molar-refractivity contribution in [2.45, 2.75) is 19.8 Å². The van der Waals surface area contributed by atoms with Crippen molar-refractivity contribution in [3.63, 3.8) is 0 Å². The summed E-state index contributed by atoms with van der Waals surface area (Å²) in [7, 11) is 0. The Morgan fingerprint density at radius 2 is 2.04 bits per heavy atom. The Hall–Kier alpha value is -3.02. The molecule has 3 aromatic rings. The van der Waals surface area contributed by atoms with Crippen LogP contribution in [-0.2, 0) is 11.2 Å². The summed E-state index contributed by atoms with van der Waals surface area (Å²) >= 11 is 0. The Morgan fingerprint density at radius 1 is 1.16 bits per heavy atom. The molecule has 1 heterocycles. The van der Waals surface area contributed by atoms with Crippen LogP contribution >= 0.6 is 0 Å². The van der Waals surface area contributed by atoms with E-state index in [-0.39, 0.29) is 11.7 Å². The Balaban J connectivity index is 1.59. The first-order valence-corrected chi connectivity index (χ1v) is 8.12. The lowest BCUT2D eigenvalue weighted by molar-refractivity contribution is -0.114. The summed E-state index contributed by atoms with van der Waals surface area (Å²) in [5.41, 5.74) is 2.66. The maximum atomic E-state index is 13.4. The van der Waals surface area contributed by atoms with Gasteiger partial charge >= 0.3 is 0 Å². The number of hydrogen-bond donors (Lipinski definition) is 2. The number of fused-ring (bicyclic) bond motifs is 1. The molecule has 2 N–H and O–H groups in total. The minimum absolute atomic E-state index is 0.0818. The average Bonchev–Trinajstić information content (AvgIpc) is 2.58. The Bertz CT molecular complexity index is 897. The average molecular weight is 338 g/mol. The zero-order valence-electron chi connectivity index (χ0n) is 13.9. The van der Waals surface area contributed by atoms with Crippen LogP contribution in [0.1, 0.15) is 18.9 Å². The second-order valence-corrected chi connectivity index (χ2v) is 5.80. The molecule has 2 aromatic carbocycles. The first kappa shape index (κ1) is 16.8. The van der Waals surface area contributed by atoms with E-state index < -0.39 is 0 Å². The van der Waals surface area contributed by atoms with E-state index in [4.69, 9.17) is 0 Å². The molecule has 0 spiro atoms. The maximum Gasteiger partial charge on any atom is 0.221 e. The second kappa shape index (κ2) is 7.70. The van der Waals surface area contributed by atoms with E-state index in [1.165, 1.54) is 25.4 Å². The van der Waals surface area contributed by atoms with E-state index in [0.29, 0.717) is 23.3 Å². The van der Waals surface area contributed by atoms with Gasteiger partial charge < -0.3 is 10.6 Å². The molecule has 0 radical (unpaired) electrons. The predicted octanol–water partition coefficient (Wildman–Crippen LogP) is 3.77. The number of nitrogens with zero attached hydrogens (tertiary/aromatic N) is 2. The van der Waals surface area contributed by atoms with Gasteiger partial charge in [-0.05, 0) is 48.7 Å². The SMILES string of the molecule is CC(=O)Nc1cccc(CCCNc2ncnc3ccc(F)cc23)c1. The Morgan fingerprint density at radius 3 is 2.88 bits per heavy atom. The number of halogens is 1. The summed E-state index contributed by atoms with van der Waals surface area (Å²) in [6.07, 6.45) is 3.21. The highest BCUT2D eigenvalue weighted by molar-refractivity contribution is 5.89. The fraction of sp³-hybridized carbons (Fsp3) is 0.211.